The zero-order valence-corrected chi connectivity index (χ0v) is 8.92. The molecule has 1 heterocycles. The number of hydrogen-bond acceptors (Lipinski definition) is 2. The van der Waals surface area contributed by atoms with Crippen LogP contribution in [0.4, 0.5) is 0 Å². The van der Waals surface area contributed by atoms with Gasteiger partial charge in [-0.25, -0.2) is 0 Å². The second kappa shape index (κ2) is 3.59. The molecule has 3 nitrogen and oxygen atoms in total. The van der Waals surface area contributed by atoms with E-state index in [0.717, 1.165) is 15.3 Å². The minimum Gasteiger partial charge on any atom is -0.150 e. The predicted molar refractivity (Wildman–Crippen MR) is 56.5 cm³/mol. The van der Waals surface area contributed by atoms with Crippen molar-refractivity contribution >= 4 is 23.4 Å². The summed E-state index contributed by atoms with van der Waals surface area (Å²) in [6, 6.07) is 7.78. The van der Waals surface area contributed by atoms with Gasteiger partial charge in [0.05, 0.1) is 0 Å². The average Bonchev–Trinajstić information content (AvgIpc) is 2.48. The first-order chi connectivity index (χ1) is 6.70. The van der Waals surface area contributed by atoms with E-state index < -0.39 is 0 Å². The zero-order valence-electron chi connectivity index (χ0n) is 7.41. The van der Waals surface area contributed by atoms with Crippen LogP contribution >= 0.6 is 23.4 Å². The Kier molecular flexibility index (Phi) is 2.44. The fourth-order valence-corrected chi connectivity index (χ4v) is 1.76. The van der Waals surface area contributed by atoms with Crippen molar-refractivity contribution in [3.63, 3.8) is 0 Å². The minimum absolute atomic E-state index is 0.314. The lowest BCUT2D eigenvalue weighted by molar-refractivity contribution is 0.882. The maximum absolute atomic E-state index is 5.87. The van der Waals surface area contributed by atoms with E-state index in [-0.39, 0.29) is 0 Å². The molecule has 1 aromatic carbocycles. The summed E-state index contributed by atoms with van der Waals surface area (Å²) in [4.78, 5) is 0. The third kappa shape index (κ3) is 1.49. The molecule has 0 unspecified atom stereocenters. The van der Waals surface area contributed by atoms with Crippen LogP contribution in [-0.2, 0) is 0 Å². The summed E-state index contributed by atoms with van der Waals surface area (Å²) in [5.41, 5.74) is 2.66. The molecule has 0 radical (unpaired) electrons. The Balaban J connectivity index is 2.66. The van der Waals surface area contributed by atoms with Gasteiger partial charge in [-0.15, -0.1) is 9.30 Å². The first-order valence-electron chi connectivity index (χ1n) is 4.03. The molecule has 0 aliphatic carbocycles. The lowest BCUT2D eigenvalue weighted by Gasteiger charge is -2.03. The van der Waals surface area contributed by atoms with Gasteiger partial charge in [0.1, 0.15) is 5.69 Å². The van der Waals surface area contributed by atoms with E-state index >= 15 is 0 Å². The molecule has 0 N–H and O–H groups in total. The van der Waals surface area contributed by atoms with Gasteiger partial charge in [0.2, 0.25) is 0 Å². The molecule has 0 amide bonds. The fourth-order valence-electron chi connectivity index (χ4n) is 1.30. The summed E-state index contributed by atoms with van der Waals surface area (Å²) in [5.74, 6) is 0. The molecule has 0 atom stereocenters. The number of aromatic nitrogens is 3. The molecule has 1 aromatic heterocycles. The normalized spacial score (nSPS) is 10.5. The van der Waals surface area contributed by atoms with Crippen LogP contribution in [-0.4, -0.2) is 14.5 Å². The standard InChI is InChI=1S/C9H7Cl2N3/c1-6-4-2-3-5-7(6)8-9(10)12-13-14(8)11/h2-5H,1H3. The van der Waals surface area contributed by atoms with E-state index in [1.807, 2.05) is 31.2 Å². The average molecular weight is 228 g/mol. The first kappa shape index (κ1) is 9.49. The smallest absolute Gasteiger partial charge is 0.150 e. The number of rotatable bonds is 1. The largest absolute Gasteiger partial charge is 0.180 e. The van der Waals surface area contributed by atoms with Gasteiger partial charge in [-0.2, -0.15) is 0 Å². The van der Waals surface area contributed by atoms with Gasteiger partial charge in [0.25, 0.3) is 0 Å². The lowest BCUT2D eigenvalue weighted by atomic mass is 10.1. The Morgan fingerprint density at radius 2 is 2.00 bits per heavy atom. The monoisotopic (exact) mass is 227 g/mol. The van der Waals surface area contributed by atoms with Gasteiger partial charge in [0.15, 0.2) is 5.15 Å². The van der Waals surface area contributed by atoms with Gasteiger partial charge < -0.3 is 0 Å². The highest BCUT2D eigenvalue weighted by Gasteiger charge is 2.13. The highest BCUT2D eigenvalue weighted by atomic mass is 35.5. The second-order valence-electron chi connectivity index (χ2n) is 2.90. The van der Waals surface area contributed by atoms with Crippen LogP contribution < -0.4 is 0 Å². The molecule has 5 heteroatoms. The van der Waals surface area contributed by atoms with Crippen LogP contribution in [0.1, 0.15) is 5.56 Å². The van der Waals surface area contributed by atoms with Crippen molar-refractivity contribution in [3.05, 3.63) is 35.0 Å². The van der Waals surface area contributed by atoms with Crippen LogP contribution in [0.2, 0.25) is 5.15 Å². The number of halogens is 2. The van der Waals surface area contributed by atoms with Crippen LogP contribution in [0.5, 0.6) is 0 Å². The second-order valence-corrected chi connectivity index (χ2v) is 3.58. The minimum atomic E-state index is 0.314. The van der Waals surface area contributed by atoms with Crippen LogP contribution in [0.15, 0.2) is 24.3 Å². The molecule has 0 saturated heterocycles. The van der Waals surface area contributed by atoms with Gasteiger partial charge in [-0.3, -0.25) is 0 Å². The summed E-state index contributed by atoms with van der Waals surface area (Å²) < 4.78 is 1.16. The molecule has 2 rings (SSSR count). The maximum Gasteiger partial charge on any atom is 0.180 e. The Morgan fingerprint density at radius 3 is 2.57 bits per heavy atom. The van der Waals surface area contributed by atoms with Crippen LogP contribution in [0.3, 0.4) is 0 Å². The Labute approximate surface area is 91.4 Å². The van der Waals surface area contributed by atoms with Gasteiger partial charge >= 0.3 is 0 Å². The molecule has 0 spiro atoms. The van der Waals surface area contributed by atoms with E-state index in [1.54, 1.807) is 0 Å². The molecule has 0 saturated carbocycles. The number of nitrogens with zero attached hydrogens (tertiary/aromatic N) is 3. The Bertz CT molecular complexity index is 445. The molecule has 14 heavy (non-hydrogen) atoms. The highest BCUT2D eigenvalue weighted by molar-refractivity contribution is 6.32. The molecule has 2 aromatic rings. The molecule has 0 bridgehead atoms. The fraction of sp³-hybridized carbons (Fsp3) is 0.111. The predicted octanol–water partition coefficient (Wildman–Crippen LogP) is 2.91. The molecule has 72 valence electrons. The zero-order chi connectivity index (χ0) is 10.1. The van der Waals surface area contributed by atoms with Gasteiger partial charge in [0, 0.05) is 17.3 Å². The summed E-state index contributed by atoms with van der Waals surface area (Å²) >= 11 is 11.7. The quantitative estimate of drug-likeness (QED) is 0.751. The Morgan fingerprint density at radius 1 is 1.29 bits per heavy atom. The van der Waals surface area contributed by atoms with Crippen molar-refractivity contribution in [2.24, 2.45) is 0 Å². The van der Waals surface area contributed by atoms with Crippen LogP contribution in [0.25, 0.3) is 11.3 Å². The third-order valence-electron chi connectivity index (χ3n) is 1.99. The summed E-state index contributed by atoms with van der Waals surface area (Å²) in [6.45, 7) is 1.98. The molecule has 0 fully saturated rings. The van der Waals surface area contributed by atoms with Gasteiger partial charge in [-0.05, 0) is 17.7 Å². The number of benzene rings is 1. The third-order valence-corrected chi connectivity index (χ3v) is 2.48. The first-order valence-corrected chi connectivity index (χ1v) is 4.75. The molecule has 0 aliphatic heterocycles. The molecule has 0 aliphatic rings. The lowest BCUT2D eigenvalue weighted by Crippen LogP contribution is -1.89. The van der Waals surface area contributed by atoms with Crippen molar-refractivity contribution in [2.75, 3.05) is 0 Å². The maximum atomic E-state index is 5.87. The summed E-state index contributed by atoms with van der Waals surface area (Å²) in [7, 11) is 0. The van der Waals surface area contributed by atoms with E-state index in [1.165, 1.54) is 0 Å². The topological polar surface area (TPSA) is 30.7 Å². The Hall–Kier alpha value is -1.06. The molecular formula is C9H7Cl2N3. The number of hydrogen-bond donors (Lipinski definition) is 0. The van der Waals surface area contributed by atoms with Crippen molar-refractivity contribution in [1.82, 2.24) is 14.5 Å². The summed E-state index contributed by atoms with van der Waals surface area (Å²) in [6.07, 6.45) is 0. The SMILES string of the molecule is Cc1ccccc1-c1c(Cl)nnn1Cl. The highest BCUT2D eigenvalue weighted by Crippen LogP contribution is 2.28. The van der Waals surface area contributed by atoms with E-state index in [0.29, 0.717) is 10.8 Å². The van der Waals surface area contributed by atoms with E-state index in [9.17, 15) is 0 Å². The van der Waals surface area contributed by atoms with Crippen LogP contribution in [0, 0.1) is 6.92 Å². The van der Waals surface area contributed by atoms with E-state index in [4.69, 9.17) is 23.4 Å². The summed E-state index contributed by atoms with van der Waals surface area (Å²) in [5, 5.41) is 7.63. The van der Waals surface area contributed by atoms with E-state index in [2.05, 4.69) is 10.3 Å². The van der Waals surface area contributed by atoms with Crippen molar-refractivity contribution < 1.29 is 0 Å². The van der Waals surface area contributed by atoms with Gasteiger partial charge in [-0.1, -0.05) is 35.9 Å². The van der Waals surface area contributed by atoms with Crippen molar-refractivity contribution in [2.45, 2.75) is 6.92 Å². The molecular weight excluding hydrogens is 221 g/mol. The number of aryl methyl sites for hydroxylation is 1. The van der Waals surface area contributed by atoms with Crippen molar-refractivity contribution in [3.8, 4) is 11.3 Å². The van der Waals surface area contributed by atoms with Crippen molar-refractivity contribution in [1.29, 1.82) is 0 Å².